The van der Waals surface area contributed by atoms with Gasteiger partial charge in [0.1, 0.15) is 0 Å². The molecule has 0 aliphatic rings. The van der Waals surface area contributed by atoms with Crippen molar-refractivity contribution >= 4 is 23.1 Å². The fourth-order valence-electron chi connectivity index (χ4n) is 2.29. The molecule has 0 amide bonds. The zero-order valence-corrected chi connectivity index (χ0v) is 11.9. The van der Waals surface area contributed by atoms with Crippen LogP contribution in [0.3, 0.4) is 0 Å². The maximum absolute atomic E-state index is 5.23. The van der Waals surface area contributed by atoms with Crippen LogP contribution < -0.4 is 11.5 Å². The first-order chi connectivity index (χ1) is 10.7. The predicted octanol–water partition coefficient (Wildman–Crippen LogP) is 1.69. The Morgan fingerprint density at radius 2 is 2.14 bits per heavy atom. The second kappa shape index (κ2) is 6.09. The second-order valence-corrected chi connectivity index (χ2v) is 4.89. The summed E-state index contributed by atoms with van der Waals surface area (Å²) in [6, 6.07) is 12.2. The fourth-order valence-corrected chi connectivity index (χ4v) is 2.29. The maximum atomic E-state index is 5.23. The van der Waals surface area contributed by atoms with Gasteiger partial charge in [0.05, 0.1) is 6.21 Å². The number of aromatic nitrogens is 2. The number of nitrogens with zero attached hydrogens (tertiary/aromatic N) is 4. The van der Waals surface area contributed by atoms with Crippen LogP contribution >= 0.6 is 0 Å². The molecular formula is C16H16N6. The molecule has 0 aliphatic carbocycles. The average molecular weight is 292 g/mol. The molecule has 2 aromatic heterocycles. The SMILES string of the molecule is NC(N)=NN=Cc1ccc2c(ccn2Cc2cccnc2)c1. The minimum absolute atomic E-state index is 0.0556. The summed E-state index contributed by atoms with van der Waals surface area (Å²) in [4.78, 5) is 4.14. The molecule has 0 spiro atoms. The van der Waals surface area contributed by atoms with E-state index < -0.39 is 0 Å². The minimum atomic E-state index is -0.0556. The molecule has 110 valence electrons. The summed E-state index contributed by atoms with van der Waals surface area (Å²) < 4.78 is 2.18. The molecule has 0 fully saturated rings. The van der Waals surface area contributed by atoms with E-state index in [0.717, 1.165) is 23.0 Å². The molecule has 0 unspecified atom stereocenters. The molecule has 4 N–H and O–H groups in total. The van der Waals surface area contributed by atoms with Crippen molar-refractivity contribution in [3.05, 3.63) is 66.1 Å². The standard InChI is InChI=1S/C16H16N6/c17-16(18)21-20-10-12-3-4-15-14(8-12)5-7-22(15)11-13-2-1-6-19-9-13/h1-10H,11H2,(H4,17,18,21). The molecule has 22 heavy (non-hydrogen) atoms. The third-order valence-electron chi connectivity index (χ3n) is 3.25. The summed E-state index contributed by atoms with van der Waals surface area (Å²) in [5.74, 6) is -0.0556. The number of benzene rings is 1. The van der Waals surface area contributed by atoms with E-state index in [9.17, 15) is 0 Å². The lowest BCUT2D eigenvalue weighted by molar-refractivity contribution is 0.831. The summed E-state index contributed by atoms with van der Waals surface area (Å²) in [5, 5.41) is 8.55. The largest absolute Gasteiger partial charge is 0.369 e. The first-order valence-corrected chi connectivity index (χ1v) is 6.82. The van der Waals surface area contributed by atoms with E-state index in [1.807, 2.05) is 24.4 Å². The smallest absolute Gasteiger partial charge is 0.211 e. The van der Waals surface area contributed by atoms with E-state index in [1.54, 1.807) is 12.4 Å². The van der Waals surface area contributed by atoms with Gasteiger partial charge in [0.15, 0.2) is 0 Å². The van der Waals surface area contributed by atoms with Gasteiger partial charge in [-0.15, -0.1) is 5.10 Å². The van der Waals surface area contributed by atoms with Gasteiger partial charge in [0, 0.05) is 36.0 Å². The Kier molecular flexibility index (Phi) is 3.82. The summed E-state index contributed by atoms with van der Waals surface area (Å²) in [7, 11) is 0. The van der Waals surface area contributed by atoms with Crippen molar-refractivity contribution in [3.63, 3.8) is 0 Å². The van der Waals surface area contributed by atoms with Gasteiger partial charge in [-0.05, 0) is 35.4 Å². The lowest BCUT2D eigenvalue weighted by Crippen LogP contribution is -2.21. The molecule has 2 heterocycles. The fraction of sp³-hybridized carbons (Fsp3) is 0.0625. The van der Waals surface area contributed by atoms with Crippen molar-refractivity contribution in [1.29, 1.82) is 0 Å². The molecule has 0 aliphatic heterocycles. The van der Waals surface area contributed by atoms with Gasteiger partial charge < -0.3 is 16.0 Å². The highest BCUT2D eigenvalue weighted by atomic mass is 15.3. The Morgan fingerprint density at radius 3 is 2.91 bits per heavy atom. The normalized spacial score (nSPS) is 11.1. The van der Waals surface area contributed by atoms with Gasteiger partial charge in [-0.2, -0.15) is 5.10 Å². The summed E-state index contributed by atoms with van der Waals surface area (Å²) in [5.41, 5.74) is 13.7. The molecule has 0 saturated carbocycles. The van der Waals surface area contributed by atoms with Crippen LogP contribution in [-0.2, 0) is 6.54 Å². The Morgan fingerprint density at radius 1 is 1.23 bits per heavy atom. The van der Waals surface area contributed by atoms with Crippen LogP contribution in [0.15, 0.2) is 65.2 Å². The molecule has 3 rings (SSSR count). The molecule has 3 aromatic rings. The molecule has 6 nitrogen and oxygen atoms in total. The van der Waals surface area contributed by atoms with Gasteiger partial charge in [0.25, 0.3) is 0 Å². The Balaban J connectivity index is 1.86. The van der Waals surface area contributed by atoms with Crippen LogP contribution in [0.4, 0.5) is 0 Å². The zero-order valence-electron chi connectivity index (χ0n) is 11.9. The quantitative estimate of drug-likeness (QED) is 0.435. The molecule has 0 saturated heterocycles. The van der Waals surface area contributed by atoms with E-state index >= 15 is 0 Å². The monoisotopic (exact) mass is 292 g/mol. The van der Waals surface area contributed by atoms with Crippen molar-refractivity contribution in [3.8, 4) is 0 Å². The number of pyridine rings is 1. The van der Waals surface area contributed by atoms with Crippen LogP contribution in [0.5, 0.6) is 0 Å². The first-order valence-electron chi connectivity index (χ1n) is 6.82. The van der Waals surface area contributed by atoms with Crippen LogP contribution in [-0.4, -0.2) is 21.7 Å². The van der Waals surface area contributed by atoms with Crippen LogP contribution in [0.1, 0.15) is 11.1 Å². The van der Waals surface area contributed by atoms with Crippen LogP contribution in [0.25, 0.3) is 10.9 Å². The van der Waals surface area contributed by atoms with E-state index in [1.165, 1.54) is 5.56 Å². The number of fused-ring (bicyclic) bond motifs is 1. The summed E-state index contributed by atoms with van der Waals surface area (Å²) in [6.45, 7) is 0.790. The molecule has 6 heteroatoms. The van der Waals surface area contributed by atoms with Gasteiger partial charge in [-0.3, -0.25) is 4.98 Å². The lowest BCUT2D eigenvalue weighted by Gasteiger charge is -2.05. The van der Waals surface area contributed by atoms with Crippen LogP contribution in [0, 0.1) is 0 Å². The first kappa shape index (κ1) is 13.8. The number of hydrogen-bond donors (Lipinski definition) is 2. The van der Waals surface area contributed by atoms with Gasteiger partial charge >= 0.3 is 0 Å². The highest BCUT2D eigenvalue weighted by Gasteiger charge is 2.02. The predicted molar refractivity (Wildman–Crippen MR) is 88.7 cm³/mol. The topological polar surface area (TPSA) is 94.6 Å². The molecule has 0 radical (unpaired) electrons. The van der Waals surface area contributed by atoms with Crippen molar-refractivity contribution in [2.24, 2.45) is 21.7 Å². The van der Waals surface area contributed by atoms with Gasteiger partial charge in [-0.1, -0.05) is 12.1 Å². The van der Waals surface area contributed by atoms with Gasteiger partial charge in [0.2, 0.25) is 5.96 Å². The van der Waals surface area contributed by atoms with E-state index in [4.69, 9.17) is 11.5 Å². The third kappa shape index (κ3) is 3.12. The van der Waals surface area contributed by atoms with Crippen molar-refractivity contribution in [2.45, 2.75) is 6.54 Å². The van der Waals surface area contributed by atoms with E-state index in [-0.39, 0.29) is 5.96 Å². The number of guanidine groups is 1. The summed E-state index contributed by atoms with van der Waals surface area (Å²) in [6.07, 6.45) is 7.34. The molecular weight excluding hydrogens is 276 g/mol. The van der Waals surface area contributed by atoms with E-state index in [0.29, 0.717) is 0 Å². The molecule has 0 atom stereocenters. The van der Waals surface area contributed by atoms with Gasteiger partial charge in [-0.25, -0.2) is 0 Å². The Bertz CT molecular complexity index is 828. The summed E-state index contributed by atoms with van der Waals surface area (Å²) >= 11 is 0. The number of nitrogens with two attached hydrogens (primary N) is 2. The average Bonchev–Trinajstić information content (AvgIpc) is 2.90. The molecule has 1 aromatic carbocycles. The second-order valence-electron chi connectivity index (χ2n) is 4.89. The third-order valence-corrected chi connectivity index (χ3v) is 3.25. The van der Waals surface area contributed by atoms with Crippen molar-refractivity contribution in [2.75, 3.05) is 0 Å². The van der Waals surface area contributed by atoms with Crippen LogP contribution in [0.2, 0.25) is 0 Å². The van der Waals surface area contributed by atoms with E-state index in [2.05, 4.69) is 44.1 Å². The maximum Gasteiger partial charge on any atom is 0.211 e. The molecule has 0 bridgehead atoms. The highest BCUT2D eigenvalue weighted by Crippen LogP contribution is 2.18. The zero-order chi connectivity index (χ0) is 15.4. The highest BCUT2D eigenvalue weighted by molar-refractivity contribution is 5.89. The lowest BCUT2D eigenvalue weighted by atomic mass is 10.2. The number of rotatable bonds is 4. The Hall–Kier alpha value is -3.15. The van der Waals surface area contributed by atoms with Crippen molar-refractivity contribution < 1.29 is 0 Å². The minimum Gasteiger partial charge on any atom is -0.369 e. The Labute approximate surface area is 127 Å². The number of hydrogen-bond acceptors (Lipinski definition) is 3. The van der Waals surface area contributed by atoms with Crippen molar-refractivity contribution in [1.82, 2.24) is 9.55 Å².